The Morgan fingerprint density at radius 2 is 2.20 bits per heavy atom. The largest absolute Gasteiger partial charge is 0.330 e. The number of aryl methyl sites for hydroxylation is 1. The van der Waals surface area contributed by atoms with Crippen LogP contribution in [0.3, 0.4) is 0 Å². The van der Waals surface area contributed by atoms with Gasteiger partial charge < -0.3 is 4.57 Å². The standard InChI is InChI=1S/C15H18N4O/c16-18-15(20)12-5-3-4-11(8-12)9-19-10-17-13-6-1-2-7-14(13)19/h3-5,8,10H,1-2,6-7,9,16H2,(H,18,20). The average Bonchev–Trinajstić information content (AvgIpc) is 2.90. The number of hydrazine groups is 1. The lowest BCUT2D eigenvalue weighted by Crippen LogP contribution is -2.30. The molecule has 5 heteroatoms. The lowest BCUT2D eigenvalue weighted by atomic mass is 10.0. The van der Waals surface area contributed by atoms with Gasteiger partial charge in [0.2, 0.25) is 0 Å². The van der Waals surface area contributed by atoms with Crippen molar-refractivity contribution in [2.45, 2.75) is 32.2 Å². The highest BCUT2D eigenvalue weighted by Gasteiger charge is 2.15. The van der Waals surface area contributed by atoms with Gasteiger partial charge >= 0.3 is 0 Å². The molecule has 0 saturated carbocycles. The third-order valence-corrected chi connectivity index (χ3v) is 3.78. The molecule has 0 spiro atoms. The van der Waals surface area contributed by atoms with E-state index in [0.717, 1.165) is 24.9 Å². The Bertz CT molecular complexity index is 633. The third-order valence-electron chi connectivity index (χ3n) is 3.78. The van der Waals surface area contributed by atoms with E-state index >= 15 is 0 Å². The summed E-state index contributed by atoms with van der Waals surface area (Å²) in [6.45, 7) is 0.744. The van der Waals surface area contributed by atoms with Crippen molar-refractivity contribution in [1.82, 2.24) is 15.0 Å². The van der Waals surface area contributed by atoms with Gasteiger partial charge in [-0.15, -0.1) is 0 Å². The molecule has 1 aliphatic carbocycles. The highest BCUT2D eigenvalue weighted by Crippen LogP contribution is 2.20. The van der Waals surface area contributed by atoms with Crippen LogP contribution in [0.5, 0.6) is 0 Å². The van der Waals surface area contributed by atoms with Crippen LogP contribution in [-0.4, -0.2) is 15.5 Å². The number of nitrogens with one attached hydrogen (secondary N) is 1. The summed E-state index contributed by atoms with van der Waals surface area (Å²) in [5, 5.41) is 0. The molecule has 5 nitrogen and oxygen atoms in total. The van der Waals surface area contributed by atoms with Crippen LogP contribution in [0.15, 0.2) is 30.6 Å². The zero-order valence-corrected chi connectivity index (χ0v) is 11.3. The van der Waals surface area contributed by atoms with E-state index in [1.54, 1.807) is 6.07 Å². The molecule has 1 aromatic heterocycles. The van der Waals surface area contributed by atoms with Crippen molar-refractivity contribution in [2.24, 2.45) is 5.84 Å². The molecule has 0 radical (unpaired) electrons. The molecular weight excluding hydrogens is 252 g/mol. The number of fused-ring (bicyclic) bond motifs is 1. The number of nitrogen functional groups attached to an aromatic ring is 1. The second kappa shape index (κ2) is 5.46. The molecule has 1 heterocycles. The quantitative estimate of drug-likeness (QED) is 0.503. The Labute approximate surface area is 117 Å². The first-order valence-corrected chi connectivity index (χ1v) is 6.90. The highest BCUT2D eigenvalue weighted by atomic mass is 16.2. The van der Waals surface area contributed by atoms with Crippen molar-refractivity contribution in [2.75, 3.05) is 0 Å². The van der Waals surface area contributed by atoms with Gasteiger partial charge in [-0.25, -0.2) is 10.8 Å². The number of benzene rings is 1. The van der Waals surface area contributed by atoms with Crippen LogP contribution in [-0.2, 0) is 19.4 Å². The van der Waals surface area contributed by atoms with Gasteiger partial charge in [0.25, 0.3) is 5.91 Å². The molecule has 0 atom stereocenters. The van der Waals surface area contributed by atoms with Gasteiger partial charge in [0.15, 0.2) is 0 Å². The fourth-order valence-electron chi connectivity index (χ4n) is 2.76. The van der Waals surface area contributed by atoms with E-state index in [4.69, 9.17) is 5.84 Å². The van der Waals surface area contributed by atoms with Crippen molar-refractivity contribution in [3.05, 3.63) is 53.1 Å². The summed E-state index contributed by atoms with van der Waals surface area (Å²) in [6.07, 6.45) is 6.55. The Hall–Kier alpha value is -2.14. The second-order valence-electron chi connectivity index (χ2n) is 5.15. The summed E-state index contributed by atoms with van der Waals surface area (Å²) in [4.78, 5) is 16.0. The van der Waals surface area contributed by atoms with Crippen LogP contribution in [0.1, 0.15) is 40.2 Å². The number of amides is 1. The van der Waals surface area contributed by atoms with Crippen LogP contribution in [0.25, 0.3) is 0 Å². The highest BCUT2D eigenvalue weighted by molar-refractivity contribution is 5.93. The minimum atomic E-state index is -0.264. The van der Waals surface area contributed by atoms with Crippen LogP contribution in [0, 0.1) is 0 Å². The van der Waals surface area contributed by atoms with E-state index < -0.39 is 0 Å². The molecule has 3 rings (SSSR count). The normalized spacial score (nSPS) is 13.8. The molecule has 20 heavy (non-hydrogen) atoms. The predicted octanol–water partition coefficient (Wildman–Crippen LogP) is 1.41. The van der Waals surface area contributed by atoms with Crippen LogP contribution >= 0.6 is 0 Å². The number of rotatable bonds is 3. The Balaban J connectivity index is 1.84. The third kappa shape index (κ3) is 2.44. The van der Waals surface area contributed by atoms with E-state index in [2.05, 4.69) is 15.0 Å². The van der Waals surface area contributed by atoms with Gasteiger partial charge in [-0.1, -0.05) is 12.1 Å². The second-order valence-corrected chi connectivity index (χ2v) is 5.15. The molecule has 0 bridgehead atoms. The molecule has 1 amide bonds. The SMILES string of the molecule is NNC(=O)c1cccc(Cn2cnc3c2CCCC3)c1. The van der Waals surface area contributed by atoms with Gasteiger partial charge in [-0.3, -0.25) is 10.2 Å². The van der Waals surface area contributed by atoms with Gasteiger partial charge in [0.1, 0.15) is 0 Å². The number of nitrogens with zero attached hydrogens (tertiary/aromatic N) is 2. The molecular formula is C15H18N4O. The summed E-state index contributed by atoms with van der Waals surface area (Å²) >= 11 is 0. The first kappa shape index (κ1) is 12.9. The van der Waals surface area contributed by atoms with Crippen molar-refractivity contribution >= 4 is 5.91 Å². The van der Waals surface area contributed by atoms with Crippen molar-refractivity contribution in [3.8, 4) is 0 Å². The number of carbonyl (C=O) groups is 1. The molecule has 0 unspecified atom stereocenters. The maximum atomic E-state index is 11.5. The smallest absolute Gasteiger partial charge is 0.265 e. The van der Waals surface area contributed by atoms with Gasteiger partial charge in [0.05, 0.1) is 12.0 Å². The van der Waals surface area contributed by atoms with Crippen LogP contribution in [0.4, 0.5) is 0 Å². The summed E-state index contributed by atoms with van der Waals surface area (Å²) in [6, 6.07) is 7.53. The molecule has 3 N–H and O–H groups in total. The van der Waals surface area contributed by atoms with E-state index in [1.807, 2.05) is 24.5 Å². The molecule has 0 fully saturated rings. The van der Waals surface area contributed by atoms with Crippen molar-refractivity contribution < 1.29 is 4.79 Å². The number of carbonyl (C=O) groups excluding carboxylic acids is 1. The van der Waals surface area contributed by atoms with Gasteiger partial charge in [-0.2, -0.15) is 0 Å². The topological polar surface area (TPSA) is 72.9 Å². The average molecular weight is 270 g/mol. The van der Waals surface area contributed by atoms with Crippen LogP contribution in [0.2, 0.25) is 0 Å². The van der Waals surface area contributed by atoms with E-state index in [1.165, 1.54) is 24.2 Å². The summed E-state index contributed by atoms with van der Waals surface area (Å²) < 4.78 is 2.19. The summed E-state index contributed by atoms with van der Waals surface area (Å²) in [5.41, 5.74) is 6.39. The van der Waals surface area contributed by atoms with Crippen LogP contribution < -0.4 is 11.3 Å². The first-order valence-electron chi connectivity index (χ1n) is 6.90. The number of imidazole rings is 1. The minimum absolute atomic E-state index is 0.264. The lowest BCUT2D eigenvalue weighted by Gasteiger charge is -2.14. The number of aromatic nitrogens is 2. The zero-order valence-electron chi connectivity index (χ0n) is 11.3. The zero-order chi connectivity index (χ0) is 13.9. The van der Waals surface area contributed by atoms with E-state index in [0.29, 0.717) is 5.56 Å². The number of hydrogen-bond acceptors (Lipinski definition) is 3. The minimum Gasteiger partial charge on any atom is -0.330 e. The maximum absolute atomic E-state index is 11.5. The Kier molecular flexibility index (Phi) is 3.52. The summed E-state index contributed by atoms with van der Waals surface area (Å²) in [5.74, 6) is 4.90. The Morgan fingerprint density at radius 1 is 1.35 bits per heavy atom. The fourth-order valence-corrected chi connectivity index (χ4v) is 2.76. The molecule has 104 valence electrons. The molecule has 1 aliphatic rings. The monoisotopic (exact) mass is 270 g/mol. The Morgan fingerprint density at radius 3 is 3.05 bits per heavy atom. The van der Waals surface area contributed by atoms with Crippen molar-refractivity contribution in [3.63, 3.8) is 0 Å². The maximum Gasteiger partial charge on any atom is 0.265 e. The number of nitrogens with two attached hydrogens (primary N) is 1. The van der Waals surface area contributed by atoms with Crippen molar-refractivity contribution in [1.29, 1.82) is 0 Å². The van der Waals surface area contributed by atoms with E-state index in [9.17, 15) is 4.79 Å². The molecule has 2 aromatic rings. The number of hydrogen-bond donors (Lipinski definition) is 2. The predicted molar refractivity (Wildman–Crippen MR) is 76.1 cm³/mol. The van der Waals surface area contributed by atoms with Gasteiger partial charge in [0, 0.05) is 17.8 Å². The van der Waals surface area contributed by atoms with E-state index in [-0.39, 0.29) is 5.91 Å². The molecule has 0 aliphatic heterocycles. The molecule has 1 aromatic carbocycles. The summed E-state index contributed by atoms with van der Waals surface area (Å²) in [7, 11) is 0. The van der Waals surface area contributed by atoms with Gasteiger partial charge in [-0.05, 0) is 43.4 Å². The molecule has 0 saturated heterocycles. The lowest BCUT2D eigenvalue weighted by molar-refractivity contribution is 0.0953. The fraction of sp³-hybridized carbons (Fsp3) is 0.333. The first-order chi connectivity index (χ1) is 9.78.